The number of aromatic carboxylic acids is 1. The van der Waals surface area contributed by atoms with Crippen molar-refractivity contribution in [2.45, 2.75) is 19.3 Å². The van der Waals surface area contributed by atoms with Crippen LogP contribution < -0.4 is 0 Å². The second-order valence-electron chi connectivity index (χ2n) is 5.50. The Labute approximate surface area is 117 Å². The summed E-state index contributed by atoms with van der Waals surface area (Å²) in [5.74, 6) is 0.318. The lowest BCUT2D eigenvalue weighted by Crippen LogP contribution is -2.33. The third-order valence-corrected chi connectivity index (χ3v) is 3.91. The van der Waals surface area contributed by atoms with E-state index in [0.717, 1.165) is 31.8 Å². The molecule has 1 atom stereocenters. The van der Waals surface area contributed by atoms with Gasteiger partial charge in [-0.2, -0.15) is 0 Å². The van der Waals surface area contributed by atoms with Gasteiger partial charge in [0.05, 0.1) is 0 Å². The topological polar surface area (TPSA) is 70.7 Å². The number of carboxylic acid groups (broad SMARTS) is 1. The molecule has 1 saturated heterocycles. The van der Waals surface area contributed by atoms with Crippen molar-refractivity contribution in [3.05, 3.63) is 29.7 Å². The van der Waals surface area contributed by atoms with E-state index < -0.39 is 5.97 Å². The average molecular weight is 274 g/mol. The fraction of sp³-hybridized carbons (Fsp3) is 0.500. The van der Waals surface area contributed by atoms with Gasteiger partial charge in [-0.25, -0.2) is 4.79 Å². The smallest absolute Gasteiger partial charge is 0.352 e. The summed E-state index contributed by atoms with van der Waals surface area (Å²) in [6, 6.07) is 5.08. The highest BCUT2D eigenvalue weighted by molar-refractivity contribution is 5.86. The molecule has 0 aromatic carbocycles. The number of hydrogen-bond donors (Lipinski definition) is 1. The number of likely N-dealkylation sites (tertiary alicyclic amines) is 1. The van der Waals surface area contributed by atoms with E-state index in [2.05, 4.69) is 22.1 Å². The molecule has 106 valence electrons. The molecular formula is C14H18N4O2. The third-order valence-electron chi connectivity index (χ3n) is 3.91. The van der Waals surface area contributed by atoms with E-state index in [1.165, 1.54) is 6.42 Å². The first-order valence-corrected chi connectivity index (χ1v) is 6.90. The van der Waals surface area contributed by atoms with Crippen molar-refractivity contribution in [3.8, 4) is 0 Å². The molecule has 2 aromatic heterocycles. The second kappa shape index (κ2) is 5.20. The van der Waals surface area contributed by atoms with Crippen molar-refractivity contribution in [2.75, 3.05) is 20.1 Å². The summed E-state index contributed by atoms with van der Waals surface area (Å²) in [4.78, 5) is 13.6. The largest absolute Gasteiger partial charge is 0.477 e. The molecule has 1 aliphatic rings. The Kier molecular flexibility index (Phi) is 3.40. The molecule has 1 fully saturated rings. The molecule has 1 aliphatic heterocycles. The van der Waals surface area contributed by atoms with Gasteiger partial charge < -0.3 is 10.0 Å². The molecule has 1 N–H and O–H groups in total. The number of fused-ring (bicyclic) bond motifs is 1. The number of piperidine rings is 1. The van der Waals surface area contributed by atoms with Crippen molar-refractivity contribution < 1.29 is 9.90 Å². The maximum atomic E-state index is 11.3. The summed E-state index contributed by atoms with van der Waals surface area (Å²) >= 11 is 0. The summed E-state index contributed by atoms with van der Waals surface area (Å²) in [6.45, 7) is 2.17. The predicted octanol–water partition coefficient (Wildman–Crippen LogP) is 1.31. The summed E-state index contributed by atoms with van der Waals surface area (Å²) in [5, 5.41) is 17.6. The highest BCUT2D eigenvalue weighted by atomic mass is 16.4. The lowest BCUT2D eigenvalue weighted by atomic mass is 9.95. The molecule has 2 aromatic rings. The second-order valence-corrected chi connectivity index (χ2v) is 5.50. The molecule has 0 aliphatic carbocycles. The van der Waals surface area contributed by atoms with E-state index in [1.54, 1.807) is 22.6 Å². The summed E-state index contributed by atoms with van der Waals surface area (Å²) in [7, 11) is 2.12. The molecular weight excluding hydrogens is 256 g/mol. The maximum Gasteiger partial charge on any atom is 0.352 e. The first-order valence-electron chi connectivity index (χ1n) is 6.90. The number of pyridine rings is 1. The van der Waals surface area contributed by atoms with Gasteiger partial charge in [0.15, 0.2) is 5.65 Å². The molecule has 0 spiro atoms. The molecule has 6 nitrogen and oxygen atoms in total. The molecule has 3 rings (SSSR count). The van der Waals surface area contributed by atoms with Crippen LogP contribution in [-0.4, -0.2) is 50.7 Å². The van der Waals surface area contributed by atoms with E-state index in [4.69, 9.17) is 0 Å². The quantitative estimate of drug-likeness (QED) is 0.913. The molecule has 6 heteroatoms. The van der Waals surface area contributed by atoms with Crippen LogP contribution in [0.2, 0.25) is 0 Å². The zero-order valence-corrected chi connectivity index (χ0v) is 11.5. The van der Waals surface area contributed by atoms with Gasteiger partial charge >= 0.3 is 5.97 Å². The highest BCUT2D eigenvalue weighted by Gasteiger charge is 2.21. The lowest BCUT2D eigenvalue weighted by molar-refractivity contribution is 0.0688. The molecule has 20 heavy (non-hydrogen) atoms. The van der Waals surface area contributed by atoms with Gasteiger partial charge in [0, 0.05) is 13.0 Å². The SMILES string of the molecule is CN1CCCC(Cc2nnc3cccc(C(=O)O)n23)C1. The molecule has 1 unspecified atom stereocenters. The Morgan fingerprint density at radius 2 is 2.30 bits per heavy atom. The number of carbonyl (C=O) groups is 1. The lowest BCUT2D eigenvalue weighted by Gasteiger charge is -2.29. The van der Waals surface area contributed by atoms with Crippen LogP contribution in [-0.2, 0) is 6.42 Å². The average Bonchev–Trinajstić information content (AvgIpc) is 2.82. The normalized spacial score (nSPS) is 20.4. The monoisotopic (exact) mass is 274 g/mol. The van der Waals surface area contributed by atoms with Crippen LogP contribution in [0.15, 0.2) is 18.2 Å². The summed E-state index contributed by atoms with van der Waals surface area (Å²) < 4.78 is 1.66. The zero-order chi connectivity index (χ0) is 14.1. The number of rotatable bonds is 3. The van der Waals surface area contributed by atoms with Gasteiger partial charge in [0.1, 0.15) is 11.5 Å². The Hall–Kier alpha value is -1.95. The fourth-order valence-corrected chi connectivity index (χ4v) is 3.00. The predicted molar refractivity (Wildman–Crippen MR) is 73.9 cm³/mol. The Balaban J connectivity index is 1.93. The number of aromatic nitrogens is 3. The zero-order valence-electron chi connectivity index (χ0n) is 11.5. The van der Waals surface area contributed by atoms with Crippen molar-refractivity contribution in [1.82, 2.24) is 19.5 Å². The van der Waals surface area contributed by atoms with E-state index >= 15 is 0 Å². The van der Waals surface area contributed by atoms with Crippen molar-refractivity contribution >= 4 is 11.6 Å². The van der Waals surface area contributed by atoms with Gasteiger partial charge in [0.2, 0.25) is 0 Å². The number of carboxylic acids is 1. The van der Waals surface area contributed by atoms with Crippen LogP contribution in [0.1, 0.15) is 29.2 Å². The van der Waals surface area contributed by atoms with Crippen LogP contribution in [0.3, 0.4) is 0 Å². The maximum absolute atomic E-state index is 11.3. The first-order chi connectivity index (χ1) is 9.65. The minimum Gasteiger partial charge on any atom is -0.477 e. The highest BCUT2D eigenvalue weighted by Crippen LogP contribution is 2.20. The van der Waals surface area contributed by atoms with Crippen LogP contribution in [0.4, 0.5) is 0 Å². The Morgan fingerprint density at radius 1 is 1.45 bits per heavy atom. The van der Waals surface area contributed by atoms with Gasteiger partial charge in [-0.1, -0.05) is 6.07 Å². The van der Waals surface area contributed by atoms with Gasteiger partial charge in [0.25, 0.3) is 0 Å². The Bertz CT molecular complexity index is 637. The van der Waals surface area contributed by atoms with E-state index in [-0.39, 0.29) is 5.69 Å². The summed E-state index contributed by atoms with van der Waals surface area (Å²) in [5.41, 5.74) is 0.829. The van der Waals surface area contributed by atoms with E-state index in [1.807, 2.05) is 0 Å². The van der Waals surface area contributed by atoms with Crippen LogP contribution in [0, 0.1) is 5.92 Å². The van der Waals surface area contributed by atoms with Crippen molar-refractivity contribution in [2.24, 2.45) is 5.92 Å². The van der Waals surface area contributed by atoms with E-state index in [9.17, 15) is 9.90 Å². The molecule has 0 bridgehead atoms. The Morgan fingerprint density at radius 3 is 3.05 bits per heavy atom. The van der Waals surface area contributed by atoms with Crippen LogP contribution in [0.25, 0.3) is 5.65 Å². The summed E-state index contributed by atoms with van der Waals surface area (Å²) in [6.07, 6.45) is 3.12. The molecule has 0 radical (unpaired) electrons. The van der Waals surface area contributed by atoms with Crippen molar-refractivity contribution in [3.63, 3.8) is 0 Å². The molecule has 0 saturated carbocycles. The number of nitrogens with zero attached hydrogens (tertiary/aromatic N) is 4. The molecule has 0 amide bonds. The van der Waals surface area contributed by atoms with Crippen molar-refractivity contribution in [1.29, 1.82) is 0 Å². The third kappa shape index (κ3) is 2.38. The minimum atomic E-state index is -0.947. The standard InChI is InChI=1S/C14H18N4O2/c1-17-7-3-4-10(9-17)8-13-16-15-12-6-2-5-11(14(19)20)18(12)13/h2,5-6,10H,3-4,7-9H2,1H3,(H,19,20). The van der Waals surface area contributed by atoms with Gasteiger partial charge in [-0.05, 0) is 44.5 Å². The first kappa shape index (κ1) is 13.1. The molecule has 3 heterocycles. The van der Waals surface area contributed by atoms with Gasteiger partial charge in [-0.15, -0.1) is 10.2 Å². The number of hydrogen-bond acceptors (Lipinski definition) is 4. The van der Waals surface area contributed by atoms with Gasteiger partial charge in [-0.3, -0.25) is 4.40 Å². The minimum absolute atomic E-state index is 0.228. The van der Waals surface area contributed by atoms with Crippen LogP contribution >= 0.6 is 0 Å². The fourth-order valence-electron chi connectivity index (χ4n) is 3.00. The van der Waals surface area contributed by atoms with E-state index in [0.29, 0.717) is 11.6 Å². The van der Waals surface area contributed by atoms with Crippen LogP contribution in [0.5, 0.6) is 0 Å².